The Hall–Kier alpha value is -2.99. The minimum absolute atomic E-state index is 0.202. The second-order valence-electron chi connectivity index (χ2n) is 5.79. The van der Waals surface area contributed by atoms with E-state index in [2.05, 4.69) is 5.32 Å². The largest absolute Gasteiger partial charge is 0.495 e. The van der Waals surface area contributed by atoms with Gasteiger partial charge in [0.25, 0.3) is 5.91 Å². The Bertz CT molecular complexity index is 1040. The van der Waals surface area contributed by atoms with Crippen LogP contribution in [-0.2, 0) is 11.2 Å². The molecule has 3 rings (SSSR count). The van der Waals surface area contributed by atoms with Gasteiger partial charge in [-0.25, -0.2) is 4.79 Å². The van der Waals surface area contributed by atoms with E-state index < -0.39 is 5.63 Å². The van der Waals surface area contributed by atoms with E-state index in [-0.39, 0.29) is 12.5 Å². The van der Waals surface area contributed by atoms with E-state index >= 15 is 0 Å². The van der Waals surface area contributed by atoms with E-state index in [9.17, 15) is 9.59 Å². The number of carbonyl (C=O) groups excluding carboxylic acids is 1. The smallest absolute Gasteiger partial charge is 0.336 e. The van der Waals surface area contributed by atoms with Crippen LogP contribution in [0.1, 0.15) is 12.5 Å². The van der Waals surface area contributed by atoms with E-state index in [0.29, 0.717) is 27.8 Å². The van der Waals surface area contributed by atoms with Crippen molar-refractivity contribution in [2.75, 3.05) is 19.0 Å². The van der Waals surface area contributed by atoms with Crippen LogP contribution in [0.3, 0.4) is 0 Å². The average molecular weight is 388 g/mol. The van der Waals surface area contributed by atoms with Gasteiger partial charge in [0, 0.05) is 23.2 Å². The number of ether oxygens (including phenoxy) is 2. The highest BCUT2D eigenvalue weighted by Gasteiger charge is 2.09. The van der Waals surface area contributed by atoms with E-state index in [1.807, 2.05) is 13.0 Å². The fourth-order valence-corrected chi connectivity index (χ4v) is 2.94. The maximum absolute atomic E-state index is 12.1. The molecule has 0 bridgehead atoms. The quantitative estimate of drug-likeness (QED) is 0.646. The fraction of sp³-hybridized carbons (Fsp3) is 0.200. The monoisotopic (exact) mass is 387 g/mol. The Morgan fingerprint density at radius 2 is 2.00 bits per heavy atom. The summed E-state index contributed by atoms with van der Waals surface area (Å²) in [6.07, 6.45) is 0.717. The number of carbonyl (C=O) groups is 1. The number of rotatable bonds is 6. The minimum atomic E-state index is -0.411. The molecule has 0 spiro atoms. The summed E-state index contributed by atoms with van der Waals surface area (Å²) in [5, 5.41) is 3.94. The van der Waals surface area contributed by atoms with Crippen LogP contribution in [0, 0.1) is 0 Å². The van der Waals surface area contributed by atoms with Gasteiger partial charge >= 0.3 is 5.63 Å². The molecule has 2 aromatic carbocycles. The van der Waals surface area contributed by atoms with E-state index in [1.54, 1.807) is 30.3 Å². The molecule has 0 radical (unpaired) electrons. The van der Waals surface area contributed by atoms with Crippen LogP contribution in [0.25, 0.3) is 11.0 Å². The van der Waals surface area contributed by atoms with Crippen LogP contribution >= 0.6 is 11.6 Å². The molecule has 3 aromatic rings. The normalized spacial score (nSPS) is 10.6. The zero-order chi connectivity index (χ0) is 19.4. The second kappa shape index (κ2) is 8.14. The first-order chi connectivity index (χ1) is 13.0. The van der Waals surface area contributed by atoms with Gasteiger partial charge in [-0.1, -0.05) is 18.5 Å². The third-order valence-corrected chi connectivity index (χ3v) is 4.28. The first-order valence-electron chi connectivity index (χ1n) is 8.33. The Morgan fingerprint density at radius 1 is 1.19 bits per heavy atom. The number of amides is 1. The number of hydrogen-bond acceptors (Lipinski definition) is 5. The van der Waals surface area contributed by atoms with Crippen LogP contribution < -0.4 is 20.4 Å². The first-order valence-corrected chi connectivity index (χ1v) is 8.71. The predicted octanol–water partition coefficient (Wildman–Crippen LogP) is 4.03. The lowest BCUT2D eigenvalue weighted by Gasteiger charge is -2.10. The number of aryl methyl sites for hydroxylation is 1. The van der Waals surface area contributed by atoms with Gasteiger partial charge in [-0.15, -0.1) is 0 Å². The molecule has 7 heteroatoms. The lowest BCUT2D eigenvalue weighted by Crippen LogP contribution is -2.20. The second-order valence-corrected chi connectivity index (χ2v) is 6.20. The van der Waals surface area contributed by atoms with Crippen molar-refractivity contribution < 1.29 is 18.7 Å². The van der Waals surface area contributed by atoms with Gasteiger partial charge in [0.05, 0.1) is 12.1 Å². The highest BCUT2D eigenvalue weighted by atomic mass is 35.5. The summed E-state index contributed by atoms with van der Waals surface area (Å²) in [5.74, 6) is 0.608. The van der Waals surface area contributed by atoms with Crippen molar-refractivity contribution in [1.82, 2.24) is 0 Å². The van der Waals surface area contributed by atoms with Crippen LogP contribution in [0.5, 0.6) is 11.5 Å². The predicted molar refractivity (Wildman–Crippen MR) is 104 cm³/mol. The maximum atomic E-state index is 12.1. The molecule has 140 valence electrons. The van der Waals surface area contributed by atoms with E-state index in [0.717, 1.165) is 17.4 Å². The highest BCUT2D eigenvalue weighted by Crippen LogP contribution is 2.27. The molecule has 1 N–H and O–H groups in total. The lowest BCUT2D eigenvalue weighted by molar-refractivity contribution is -0.118. The zero-order valence-electron chi connectivity index (χ0n) is 14.9. The number of fused-ring (bicyclic) bond motifs is 1. The number of hydrogen-bond donors (Lipinski definition) is 1. The Kier molecular flexibility index (Phi) is 5.66. The summed E-state index contributed by atoms with van der Waals surface area (Å²) in [7, 11) is 1.52. The van der Waals surface area contributed by atoms with Crippen LogP contribution in [0.15, 0.2) is 51.7 Å². The van der Waals surface area contributed by atoms with Crippen molar-refractivity contribution in [1.29, 1.82) is 0 Å². The molecule has 1 aromatic heterocycles. The van der Waals surface area contributed by atoms with E-state index in [4.69, 9.17) is 25.5 Å². The van der Waals surface area contributed by atoms with Crippen molar-refractivity contribution in [3.63, 3.8) is 0 Å². The van der Waals surface area contributed by atoms with Gasteiger partial charge in [-0.05, 0) is 42.3 Å². The van der Waals surface area contributed by atoms with Crippen molar-refractivity contribution in [3.05, 3.63) is 63.5 Å². The van der Waals surface area contributed by atoms with Crippen LogP contribution in [0.2, 0.25) is 5.02 Å². The third-order valence-electron chi connectivity index (χ3n) is 3.99. The number of benzene rings is 2. The van der Waals surface area contributed by atoms with E-state index in [1.165, 1.54) is 13.2 Å². The van der Waals surface area contributed by atoms with Gasteiger partial charge in [-0.3, -0.25) is 4.79 Å². The SMILES string of the molecule is CCc1cc(=O)oc2cc(OCC(=O)Nc3ccc(OC)c(Cl)c3)ccc12. The molecule has 0 saturated carbocycles. The molecule has 1 heterocycles. The first kappa shape index (κ1) is 18.8. The molecule has 6 nitrogen and oxygen atoms in total. The van der Waals surface area contributed by atoms with Crippen molar-refractivity contribution in [3.8, 4) is 11.5 Å². The van der Waals surface area contributed by atoms with Crippen molar-refractivity contribution in [2.45, 2.75) is 13.3 Å². The molecule has 0 saturated heterocycles. The third kappa shape index (κ3) is 4.41. The molecular formula is C20H18ClNO5. The van der Waals surface area contributed by atoms with Gasteiger partial charge in [-0.2, -0.15) is 0 Å². The Morgan fingerprint density at radius 3 is 2.70 bits per heavy atom. The van der Waals surface area contributed by atoms with Gasteiger partial charge in [0.15, 0.2) is 6.61 Å². The average Bonchev–Trinajstić information content (AvgIpc) is 2.65. The Labute approximate surface area is 160 Å². The molecular weight excluding hydrogens is 370 g/mol. The summed E-state index contributed by atoms with van der Waals surface area (Å²) >= 11 is 6.04. The van der Waals surface area contributed by atoms with Crippen LogP contribution in [0.4, 0.5) is 5.69 Å². The summed E-state index contributed by atoms with van der Waals surface area (Å²) in [6, 6.07) is 11.6. The lowest BCUT2D eigenvalue weighted by atomic mass is 10.1. The standard InChI is InChI=1S/C20H18ClNO5/c1-3-12-8-20(24)27-18-10-14(5-6-15(12)18)26-11-19(23)22-13-4-7-17(25-2)16(21)9-13/h4-10H,3,11H2,1-2H3,(H,22,23). The molecule has 1 amide bonds. The molecule has 0 unspecified atom stereocenters. The maximum Gasteiger partial charge on any atom is 0.336 e. The molecule has 0 atom stereocenters. The van der Waals surface area contributed by atoms with Crippen LogP contribution in [-0.4, -0.2) is 19.6 Å². The molecule has 0 aliphatic heterocycles. The highest BCUT2D eigenvalue weighted by molar-refractivity contribution is 6.32. The number of anilines is 1. The number of nitrogens with one attached hydrogen (secondary N) is 1. The molecule has 27 heavy (non-hydrogen) atoms. The van der Waals surface area contributed by atoms with Crippen molar-refractivity contribution >= 4 is 34.2 Å². The molecule has 0 aliphatic carbocycles. The summed E-state index contributed by atoms with van der Waals surface area (Å²) in [4.78, 5) is 23.7. The number of methoxy groups -OCH3 is 1. The summed E-state index contributed by atoms with van der Waals surface area (Å²) in [5.41, 5.74) is 1.46. The van der Waals surface area contributed by atoms with Gasteiger partial charge in [0.2, 0.25) is 0 Å². The molecule has 0 aliphatic rings. The fourth-order valence-electron chi connectivity index (χ4n) is 2.68. The Balaban J connectivity index is 1.68. The molecule has 0 fully saturated rings. The minimum Gasteiger partial charge on any atom is -0.495 e. The van der Waals surface area contributed by atoms with Gasteiger partial charge < -0.3 is 19.2 Å². The topological polar surface area (TPSA) is 77.8 Å². The van der Waals surface area contributed by atoms with Crippen molar-refractivity contribution in [2.24, 2.45) is 0 Å². The zero-order valence-corrected chi connectivity index (χ0v) is 15.6. The summed E-state index contributed by atoms with van der Waals surface area (Å²) in [6.45, 7) is 1.77. The summed E-state index contributed by atoms with van der Waals surface area (Å²) < 4.78 is 15.8. The van der Waals surface area contributed by atoms with Gasteiger partial charge in [0.1, 0.15) is 17.1 Å². The number of halogens is 1.